The van der Waals surface area contributed by atoms with Crippen molar-refractivity contribution in [2.24, 2.45) is 0 Å². The van der Waals surface area contributed by atoms with Gasteiger partial charge in [-0.25, -0.2) is 4.98 Å². The van der Waals surface area contributed by atoms with E-state index in [9.17, 15) is 0 Å². The van der Waals surface area contributed by atoms with Gasteiger partial charge in [-0.1, -0.05) is 18.2 Å². The van der Waals surface area contributed by atoms with Gasteiger partial charge in [0.1, 0.15) is 5.58 Å². The van der Waals surface area contributed by atoms with Crippen molar-refractivity contribution in [2.75, 3.05) is 0 Å². The van der Waals surface area contributed by atoms with Gasteiger partial charge in [-0.2, -0.15) is 0 Å². The lowest BCUT2D eigenvalue weighted by Gasteiger charge is -1.96. The Hall–Kier alpha value is -2.13. The van der Waals surface area contributed by atoms with E-state index in [0.29, 0.717) is 0 Å². The molecule has 110 valence electrons. The zero-order valence-electron chi connectivity index (χ0n) is 13.2. The van der Waals surface area contributed by atoms with E-state index in [1.54, 1.807) is 11.3 Å². The van der Waals surface area contributed by atoms with Crippen molar-refractivity contribution in [1.29, 1.82) is 0 Å². The maximum atomic E-state index is 6.07. The number of fused-ring (bicyclic) bond motifs is 2. The van der Waals surface area contributed by atoms with E-state index in [2.05, 4.69) is 58.0 Å². The molecule has 0 saturated carbocycles. The van der Waals surface area contributed by atoms with Crippen LogP contribution in [-0.2, 0) is 0 Å². The Kier molecular flexibility index (Phi) is 2.88. The van der Waals surface area contributed by atoms with Gasteiger partial charge in [-0.15, -0.1) is 11.3 Å². The highest BCUT2D eigenvalue weighted by molar-refractivity contribution is 7.21. The summed E-state index contributed by atoms with van der Waals surface area (Å²) >= 11 is 1.71. The first-order chi connectivity index (χ1) is 10.5. The average molecular weight is 307 g/mol. The Morgan fingerprint density at radius 1 is 0.909 bits per heavy atom. The van der Waals surface area contributed by atoms with Crippen molar-refractivity contribution in [3.8, 4) is 10.8 Å². The first kappa shape index (κ1) is 13.5. The Balaban J connectivity index is 1.97. The van der Waals surface area contributed by atoms with E-state index in [-0.39, 0.29) is 0 Å². The van der Waals surface area contributed by atoms with E-state index in [4.69, 9.17) is 9.40 Å². The molecule has 22 heavy (non-hydrogen) atoms. The van der Waals surface area contributed by atoms with Crippen LogP contribution in [0, 0.1) is 27.7 Å². The lowest BCUT2D eigenvalue weighted by atomic mass is 10.1. The molecule has 0 saturated heterocycles. The summed E-state index contributed by atoms with van der Waals surface area (Å²) in [6, 6.07) is 10.7. The highest BCUT2D eigenvalue weighted by Crippen LogP contribution is 2.37. The molecule has 0 spiro atoms. The van der Waals surface area contributed by atoms with Crippen molar-refractivity contribution in [1.82, 2.24) is 4.98 Å². The minimum Gasteiger partial charge on any atom is -0.454 e. The van der Waals surface area contributed by atoms with Gasteiger partial charge in [-0.3, -0.25) is 0 Å². The van der Waals surface area contributed by atoms with Crippen LogP contribution in [0.15, 0.2) is 34.7 Å². The van der Waals surface area contributed by atoms with Crippen LogP contribution < -0.4 is 0 Å². The number of rotatable bonds is 1. The third-order valence-corrected chi connectivity index (χ3v) is 5.35. The molecule has 2 aromatic heterocycles. The zero-order valence-corrected chi connectivity index (χ0v) is 14.0. The van der Waals surface area contributed by atoms with Crippen molar-refractivity contribution >= 4 is 32.5 Å². The summed E-state index contributed by atoms with van der Waals surface area (Å²) in [6.07, 6.45) is 0. The third-order valence-electron chi connectivity index (χ3n) is 4.14. The van der Waals surface area contributed by atoms with Crippen molar-refractivity contribution in [2.45, 2.75) is 27.7 Å². The number of aryl methyl sites for hydroxylation is 4. The summed E-state index contributed by atoms with van der Waals surface area (Å²) < 4.78 is 7.33. The second-order valence-electron chi connectivity index (χ2n) is 6.00. The molecule has 4 aromatic rings. The lowest BCUT2D eigenvalue weighted by molar-refractivity contribution is 0.630. The fourth-order valence-corrected chi connectivity index (χ4v) is 4.02. The summed E-state index contributed by atoms with van der Waals surface area (Å²) in [7, 11) is 0. The average Bonchev–Trinajstić information content (AvgIpc) is 3.07. The zero-order chi connectivity index (χ0) is 15.4. The summed E-state index contributed by atoms with van der Waals surface area (Å²) in [5.41, 5.74) is 6.99. The smallest absolute Gasteiger partial charge is 0.164 e. The van der Waals surface area contributed by atoms with E-state index >= 15 is 0 Å². The topological polar surface area (TPSA) is 26.0 Å². The number of nitrogens with zero attached hydrogens (tertiary/aromatic N) is 1. The second kappa shape index (κ2) is 4.68. The van der Waals surface area contributed by atoms with Gasteiger partial charge in [0.05, 0.1) is 10.2 Å². The van der Waals surface area contributed by atoms with Crippen LogP contribution in [0.1, 0.15) is 22.3 Å². The fraction of sp³-hybridized carbons (Fsp3) is 0.211. The summed E-state index contributed by atoms with van der Waals surface area (Å²) in [5.74, 6) is 0.865. The second-order valence-corrected chi connectivity index (χ2v) is 7.00. The molecule has 0 fully saturated rings. The van der Waals surface area contributed by atoms with Gasteiger partial charge in [0.15, 0.2) is 10.8 Å². The monoisotopic (exact) mass is 307 g/mol. The number of furan rings is 1. The van der Waals surface area contributed by atoms with E-state index < -0.39 is 0 Å². The maximum absolute atomic E-state index is 6.07. The van der Waals surface area contributed by atoms with Gasteiger partial charge in [0.25, 0.3) is 0 Å². The largest absolute Gasteiger partial charge is 0.454 e. The number of aromatic nitrogens is 1. The quantitative estimate of drug-likeness (QED) is 0.435. The first-order valence-corrected chi connectivity index (χ1v) is 8.22. The van der Waals surface area contributed by atoms with Gasteiger partial charge < -0.3 is 4.42 Å². The minimum absolute atomic E-state index is 0.865. The molecule has 0 aliphatic carbocycles. The molecule has 0 amide bonds. The number of thiazole rings is 1. The molecule has 0 unspecified atom stereocenters. The molecule has 2 aromatic carbocycles. The molecular weight excluding hydrogens is 290 g/mol. The fourth-order valence-electron chi connectivity index (χ4n) is 2.96. The molecule has 2 nitrogen and oxygen atoms in total. The van der Waals surface area contributed by atoms with Gasteiger partial charge in [-0.05, 0) is 62.1 Å². The summed E-state index contributed by atoms with van der Waals surface area (Å²) in [6.45, 7) is 8.47. The molecule has 0 N–H and O–H groups in total. The van der Waals surface area contributed by atoms with Crippen LogP contribution in [0.5, 0.6) is 0 Å². The molecule has 0 bridgehead atoms. The van der Waals surface area contributed by atoms with Crippen LogP contribution in [0.2, 0.25) is 0 Å². The minimum atomic E-state index is 0.865. The van der Waals surface area contributed by atoms with Gasteiger partial charge in [0, 0.05) is 5.39 Å². The van der Waals surface area contributed by atoms with E-state index in [0.717, 1.165) is 21.9 Å². The normalized spacial score (nSPS) is 11.6. The summed E-state index contributed by atoms with van der Waals surface area (Å²) in [5, 5.41) is 2.13. The Morgan fingerprint density at radius 3 is 2.45 bits per heavy atom. The Bertz CT molecular complexity index is 984. The van der Waals surface area contributed by atoms with Crippen LogP contribution in [0.25, 0.3) is 32.0 Å². The molecule has 0 radical (unpaired) electrons. The standard InChI is InChI=1S/C19H17NOS/c1-10-7-13(4)14-9-16(21-15(14)8-10)19-20-17-11(2)5-6-12(3)18(17)22-19/h5-9H,1-4H3. The molecule has 2 heterocycles. The van der Waals surface area contributed by atoms with Crippen molar-refractivity contribution in [3.05, 3.63) is 52.6 Å². The lowest BCUT2D eigenvalue weighted by Crippen LogP contribution is -1.79. The number of hydrogen-bond acceptors (Lipinski definition) is 3. The van der Waals surface area contributed by atoms with Crippen LogP contribution in [0.3, 0.4) is 0 Å². The molecule has 4 rings (SSSR count). The molecule has 0 aliphatic heterocycles. The molecule has 0 atom stereocenters. The predicted octanol–water partition coefficient (Wildman–Crippen LogP) is 5.94. The Labute approximate surface area is 133 Å². The van der Waals surface area contributed by atoms with E-state index in [1.165, 1.54) is 32.3 Å². The molecular formula is C19H17NOS. The molecule has 0 aliphatic rings. The van der Waals surface area contributed by atoms with Crippen LogP contribution in [0.4, 0.5) is 0 Å². The van der Waals surface area contributed by atoms with Crippen molar-refractivity contribution < 1.29 is 4.42 Å². The van der Waals surface area contributed by atoms with Crippen LogP contribution >= 0.6 is 11.3 Å². The SMILES string of the molecule is Cc1cc(C)c2cc(-c3nc4c(C)ccc(C)c4s3)oc2c1. The first-order valence-electron chi connectivity index (χ1n) is 7.41. The van der Waals surface area contributed by atoms with Gasteiger partial charge >= 0.3 is 0 Å². The predicted molar refractivity (Wildman–Crippen MR) is 93.8 cm³/mol. The summed E-state index contributed by atoms with van der Waals surface area (Å²) in [4.78, 5) is 4.82. The Morgan fingerprint density at radius 2 is 1.68 bits per heavy atom. The highest BCUT2D eigenvalue weighted by Gasteiger charge is 2.15. The third kappa shape index (κ3) is 1.97. The molecule has 3 heteroatoms. The van der Waals surface area contributed by atoms with Crippen LogP contribution in [-0.4, -0.2) is 4.98 Å². The highest BCUT2D eigenvalue weighted by atomic mass is 32.1. The number of benzene rings is 2. The van der Waals surface area contributed by atoms with Crippen molar-refractivity contribution in [3.63, 3.8) is 0 Å². The van der Waals surface area contributed by atoms with E-state index in [1.807, 2.05) is 0 Å². The maximum Gasteiger partial charge on any atom is 0.164 e. The van der Waals surface area contributed by atoms with Gasteiger partial charge in [0.2, 0.25) is 0 Å². The number of hydrogen-bond donors (Lipinski definition) is 0.